The number of carbonyl (C=O) groups is 1. The monoisotopic (exact) mass is 328 g/mol. The summed E-state index contributed by atoms with van der Waals surface area (Å²) in [7, 11) is 0. The molecule has 23 heavy (non-hydrogen) atoms. The first-order chi connectivity index (χ1) is 11.0. The molecule has 0 aliphatic carbocycles. The minimum Gasteiger partial charge on any atom is -0.381 e. The van der Waals surface area contributed by atoms with Gasteiger partial charge in [0.25, 0.3) is 6.43 Å². The second-order valence-corrected chi connectivity index (χ2v) is 6.16. The fourth-order valence-electron chi connectivity index (χ4n) is 3.38. The normalized spacial score (nSPS) is 23.5. The smallest absolute Gasteiger partial charge is 0.266 e. The zero-order valence-corrected chi connectivity index (χ0v) is 12.6. The van der Waals surface area contributed by atoms with E-state index in [-0.39, 0.29) is 23.9 Å². The lowest BCUT2D eigenvalue weighted by molar-refractivity contribution is -0.122. The molecular formula is C16H19F3N2O2. The third-order valence-corrected chi connectivity index (χ3v) is 4.79. The van der Waals surface area contributed by atoms with Gasteiger partial charge >= 0.3 is 0 Å². The standard InChI is InChI=1S/C16H19F3N2O2/c17-12-7-10(1-2-11(12)14(18)19)8-20-13-15(22)21-9-16(13)3-5-23-6-4-16/h1-2,7,13-14,20H,3-6,8-9H2,(H,21,22). The highest BCUT2D eigenvalue weighted by Gasteiger charge is 2.48. The summed E-state index contributed by atoms with van der Waals surface area (Å²) in [4.78, 5) is 12.1. The summed E-state index contributed by atoms with van der Waals surface area (Å²) in [5.41, 5.74) is -0.251. The number of rotatable bonds is 4. The van der Waals surface area contributed by atoms with Crippen molar-refractivity contribution in [1.82, 2.24) is 10.6 Å². The maximum Gasteiger partial charge on any atom is 0.266 e. The number of nitrogens with one attached hydrogen (secondary N) is 2. The molecule has 1 unspecified atom stereocenters. The molecule has 0 aromatic heterocycles. The molecule has 2 aliphatic heterocycles. The van der Waals surface area contributed by atoms with Crippen LogP contribution in [0, 0.1) is 11.2 Å². The molecule has 1 atom stereocenters. The van der Waals surface area contributed by atoms with Crippen LogP contribution in [0.4, 0.5) is 13.2 Å². The number of ether oxygens (including phenoxy) is 1. The number of hydrogen-bond acceptors (Lipinski definition) is 3. The fourth-order valence-corrected chi connectivity index (χ4v) is 3.38. The van der Waals surface area contributed by atoms with Crippen LogP contribution >= 0.6 is 0 Å². The van der Waals surface area contributed by atoms with Gasteiger partial charge in [0.15, 0.2) is 0 Å². The second-order valence-electron chi connectivity index (χ2n) is 6.16. The number of carbonyl (C=O) groups excluding carboxylic acids is 1. The Kier molecular flexibility index (Phi) is 4.59. The molecule has 3 rings (SSSR count). The Balaban J connectivity index is 1.69. The van der Waals surface area contributed by atoms with Crippen LogP contribution in [0.15, 0.2) is 18.2 Å². The Hall–Kier alpha value is -1.60. The van der Waals surface area contributed by atoms with Crippen LogP contribution in [0.3, 0.4) is 0 Å². The number of benzene rings is 1. The minimum absolute atomic E-state index is 0.0726. The van der Waals surface area contributed by atoms with E-state index >= 15 is 0 Å². The molecule has 1 spiro atoms. The number of halogens is 3. The zero-order chi connectivity index (χ0) is 16.4. The fraction of sp³-hybridized carbons (Fsp3) is 0.562. The zero-order valence-electron chi connectivity index (χ0n) is 12.6. The van der Waals surface area contributed by atoms with Gasteiger partial charge in [0.1, 0.15) is 5.82 Å². The first-order valence-corrected chi connectivity index (χ1v) is 7.67. The third-order valence-electron chi connectivity index (χ3n) is 4.79. The van der Waals surface area contributed by atoms with Crippen LogP contribution in [0.25, 0.3) is 0 Å². The van der Waals surface area contributed by atoms with E-state index in [1.54, 1.807) is 0 Å². The minimum atomic E-state index is -2.83. The highest BCUT2D eigenvalue weighted by atomic mass is 19.3. The Labute approximate surface area is 132 Å². The van der Waals surface area contributed by atoms with Gasteiger partial charge in [0.2, 0.25) is 5.91 Å². The van der Waals surface area contributed by atoms with Crippen LogP contribution in [0.5, 0.6) is 0 Å². The Bertz CT molecular complexity index is 589. The molecule has 0 radical (unpaired) electrons. The van der Waals surface area contributed by atoms with Crippen LogP contribution < -0.4 is 10.6 Å². The van der Waals surface area contributed by atoms with Gasteiger partial charge in [-0.05, 0) is 24.5 Å². The average molecular weight is 328 g/mol. The van der Waals surface area contributed by atoms with Gasteiger partial charge in [-0.2, -0.15) is 0 Å². The largest absolute Gasteiger partial charge is 0.381 e. The summed E-state index contributed by atoms with van der Waals surface area (Å²) < 4.78 is 44.1. The highest BCUT2D eigenvalue weighted by Crippen LogP contribution is 2.37. The van der Waals surface area contributed by atoms with E-state index in [1.807, 2.05) is 0 Å². The van der Waals surface area contributed by atoms with E-state index < -0.39 is 17.8 Å². The molecule has 7 heteroatoms. The molecule has 0 saturated carbocycles. The maximum absolute atomic E-state index is 13.6. The van der Waals surface area contributed by atoms with Gasteiger partial charge in [-0.25, -0.2) is 13.2 Å². The van der Waals surface area contributed by atoms with Gasteiger partial charge in [0.05, 0.1) is 11.6 Å². The van der Waals surface area contributed by atoms with Crippen molar-refractivity contribution < 1.29 is 22.7 Å². The summed E-state index contributed by atoms with van der Waals surface area (Å²) in [6.07, 6.45) is -1.27. The van der Waals surface area contributed by atoms with E-state index in [4.69, 9.17) is 4.74 Å². The molecule has 2 saturated heterocycles. The number of amides is 1. The van der Waals surface area contributed by atoms with Crippen molar-refractivity contribution in [1.29, 1.82) is 0 Å². The summed E-state index contributed by atoms with van der Waals surface area (Å²) in [6.45, 7) is 2.09. The van der Waals surface area contributed by atoms with Gasteiger partial charge < -0.3 is 15.4 Å². The van der Waals surface area contributed by atoms with Gasteiger partial charge in [-0.1, -0.05) is 12.1 Å². The van der Waals surface area contributed by atoms with Crippen molar-refractivity contribution in [3.8, 4) is 0 Å². The molecule has 0 bridgehead atoms. The van der Waals surface area contributed by atoms with Crippen molar-refractivity contribution in [3.05, 3.63) is 35.1 Å². The van der Waals surface area contributed by atoms with Gasteiger partial charge in [-0.3, -0.25) is 4.79 Å². The Morgan fingerprint density at radius 2 is 2.09 bits per heavy atom. The third kappa shape index (κ3) is 3.21. The van der Waals surface area contributed by atoms with Crippen molar-refractivity contribution in [2.75, 3.05) is 19.8 Å². The lowest BCUT2D eigenvalue weighted by Crippen LogP contribution is -2.49. The molecule has 1 aromatic carbocycles. The predicted molar refractivity (Wildman–Crippen MR) is 77.5 cm³/mol. The second kappa shape index (κ2) is 6.49. The molecule has 2 aliphatic rings. The number of hydrogen-bond donors (Lipinski definition) is 2. The molecule has 2 fully saturated rings. The van der Waals surface area contributed by atoms with Crippen molar-refractivity contribution in [2.45, 2.75) is 31.9 Å². The summed E-state index contributed by atoms with van der Waals surface area (Å²) in [6, 6.07) is 3.28. The molecule has 2 N–H and O–H groups in total. The van der Waals surface area contributed by atoms with E-state index in [0.29, 0.717) is 25.3 Å². The molecule has 1 amide bonds. The molecule has 2 heterocycles. The SMILES string of the molecule is O=C1NCC2(CCOCC2)C1NCc1ccc(C(F)F)c(F)c1. The summed E-state index contributed by atoms with van der Waals surface area (Å²) in [5, 5.41) is 6.03. The highest BCUT2D eigenvalue weighted by molar-refractivity contribution is 5.85. The van der Waals surface area contributed by atoms with Gasteiger partial charge in [0, 0.05) is 31.7 Å². The van der Waals surface area contributed by atoms with Crippen LogP contribution in [-0.4, -0.2) is 31.7 Å². The van der Waals surface area contributed by atoms with Crippen molar-refractivity contribution in [3.63, 3.8) is 0 Å². The summed E-state index contributed by atoms with van der Waals surface area (Å²) >= 11 is 0. The first-order valence-electron chi connectivity index (χ1n) is 7.67. The van der Waals surface area contributed by atoms with Crippen LogP contribution in [0.1, 0.15) is 30.4 Å². The predicted octanol–water partition coefficient (Wildman–Crippen LogP) is 2.15. The average Bonchev–Trinajstić information content (AvgIpc) is 2.82. The first kappa shape index (κ1) is 16.3. The van der Waals surface area contributed by atoms with Crippen LogP contribution in [-0.2, 0) is 16.1 Å². The van der Waals surface area contributed by atoms with Crippen molar-refractivity contribution in [2.24, 2.45) is 5.41 Å². The van der Waals surface area contributed by atoms with Crippen molar-refractivity contribution >= 4 is 5.91 Å². The van der Waals surface area contributed by atoms with E-state index in [2.05, 4.69) is 10.6 Å². The van der Waals surface area contributed by atoms with E-state index in [0.717, 1.165) is 25.0 Å². The lowest BCUT2D eigenvalue weighted by Gasteiger charge is -2.36. The lowest BCUT2D eigenvalue weighted by atomic mass is 9.76. The molecule has 4 nitrogen and oxygen atoms in total. The van der Waals surface area contributed by atoms with E-state index in [1.165, 1.54) is 6.07 Å². The number of alkyl halides is 2. The molecule has 1 aromatic rings. The Morgan fingerprint density at radius 1 is 1.35 bits per heavy atom. The molecule has 126 valence electrons. The van der Waals surface area contributed by atoms with Gasteiger partial charge in [-0.15, -0.1) is 0 Å². The van der Waals surface area contributed by atoms with E-state index in [9.17, 15) is 18.0 Å². The molecular weight excluding hydrogens is 309 g/mol. The Morgan fingerprint density at radius 3 is 2.74 bits per heavy atom. The topological polar surface area (TPSA) is 50.4 Å². The van der Waals surface area contributed by atoms with Crippen LogP contribution in [0.2, 0.25) is 0 Å². The quantitative estimate of drug-likeness (QED) is 0.890. The maximum atomic E-state index is 13.6. The summed E-state index contributed by atoms with van der Waals surface area (Å²) in [5.74, 6) is -0.993.